The Labute approximate surface area is 161 Å². The molecule has 27 heavy (non-hydrogen) atoms. The summed E-state index contributed by atoms with van der Waals surface area (Å²) in [6, 6.07) is 18.7. The average molecular weight is 377 g/mol. The zero-order valence-electron chi connectivity index (χ0n) is 14.6. The minimum atomic E-state index is -0.273. The minimum absolute atomic E-state index is 0.0371. The Morgan fingerprint density at radius 3 is 2.56 bits per heavy atom. The van der Waals surface area contributed by atoms with Gasteiger partial charge in [-0.1, -0.05) is 24.3 Å². The topological polar surface area (TPSA) is 61.4 Å². The number of nitrogens with one attached hydrogen (secondary N) is 2. The number of hydrogen-bond donors (Lipinski definition) is 2. The van der Waals surface area contributed by atoms with Crippen LogP contribution in [0.25, 0.3) is 0 Å². The maximum atomic E-state index is 12.7. The fourth-order valence-corrected chi connectivity index (χ4v) is 3.81. The van der Waals surface area contributed by atoms with Crippen LogP contribution in [0, 0.1) is 0 Å². The molecule has 0 atom stereocenters. The van der Waals surface area contributed by atoms with E-state index in [1.54, 1.807) is 0 Å². The number of rotatable bonds is 3. The molecule has 136 valence electrons. The van der Waals surface area contributed by atoms with Crippen molar-refractivity contribution in [3.63, 3.8) is 0 Å². The first-order valence-corrected chi connectivity index (χ1v) is 9.64. The van der Waals surface area contributed by atoms with Crippen molar-refractivity contribution in [3.05, 3.63) is 82.7 Å². The lowest BCUT2D eigenvalue weighted by Gasteiger charge is -2.29. The van der Waals surface area contributed by atoms with Crippen LogP contribution in [0.3, 0.4) is 0 Å². The molecular formula is C21H19N3O2S. The third-order valence-electron chi connectivity index (χ3n) is 4.54. The molecule has 2 N–H and O–H groups in total. The van der Waals surface area contributed by atoms with Crippen LogP contribution in [0.1, 0.15) is 21.5 Å². The number of anilines is 2. The van der Waals surface area contributed by atoms with Gasteiger partial charge in [0, 0.05) is 24.3 Å². The van der Waals surface area contributed by atoms with E-state index in [1.807, 2.05) is 70.9 Å². The lowest BCUT2D eigenvalue weighted by molar-refractivity contribution is 0.0734. The van der Waals surface area contributed by atoms with Crippen LogP contribution >= 0.6 is 11.3 Å². The van der Waals surface area contributed by atoms with Crippen LogP contribution in [-0.4, -0.2) is 23.4 Å². The Kier molecular flexibility index (Phi) is 4.89. The van der Waals surface area contributed by atoms with Gasteiger partial charge in [-0.2, -0.15) is 0 Å². The molecule has 1 aliphatic rings. The van der Waals surface area contributed by atoms with Gasteiger partial charge in [0.25, 0.3) is 5.91 Å². The van der Waals surface area contributed by atoms with Crippen molar-refractivity contribution in [3.8, 4) is 0 Å². The number of thiophene rings is 1. The monoisotopic (exact) mass is 377 g/mol. The van der Waals surface area contributed by atoms with Crippen LogP contribution in [0.4, 0.5) is 15.5 Å². The van der Waals surface area contributed by atoms with Crippen LogP contribution in [0.15, 0.2) is 66.0 Å². The molecule has 5 nitrogen and oxygen atoms in total. The van der Waals surface area contributed by atoms with Gasteiger partial charge in [-0.15, -0.1) is 11.3 Å². The van der Waals surface area contributed by atoms with Crippen molar-refractivity contribution in [2.75, 3.05) is 17.2 Å². The van der Waals surface area contributed by atoms with E-state index < -0.39 is 0 Å². The van der Waals surface area contributed by atoms with Crippen molar-refractivity contribution < 1.29 is 9.59 Å². The van der Waals surface area contributed by atoms with Crippen molar-refractivity contribution >= 4 is 34.0 Å². The smallest absolute Gasteiger partial charge is 0.324 e. The van der Waals surface area contributed by atoms with Gasteiger partial charge in [-0.25, -0.2) is 4.79 Å². The second-order valence-corrected chi connectivity index (χ2v) is 7.33. The number of carbonyl (C=O) groups is 2. The molecule has 0 fully saturated rings. The second kappa shape index (κ2) is 7.63. The summed E-state index contributed by atoms with van der Waals surface area (Å²) >= 11 is 1.47. The van der Waals surface area contributed by atoms with Crippen LogP contribution in [-0.2, 0) is 13.0 Å². The van der Waals surface area contributed by atoms with Crippen LogP contribution in [0.5, 0.6) is 0 Å². The Bertz CT molecular complexity index is 955. The number of fused-ring (bicyclic) bond motifs is 1. The van der Waals surface area contributed by atoms with Crippen molar-refractivity contribution in [1.29, 1.82) is 0 Å². The van der Waals surface area contributed by atoms with Gasteiger partial charge >= 0.3 is 6.03 Å². The lowest BCUT2D eigenvalue weighted by Crippen LogP contribution is -2.36. The van der Waals surface area contributed by atoms with E-state index in [2.05, 4.69) is 10.6 Å². The Morgan fingerprint density at radius 1 is 0.926 bits per heavy atom. The molecule has 2 aromatic carbocycles. The number of carbonyl (C=O) groups excluding carboxylic acids is 2. The zero-order valence-corrected chi connectivity index (χ0v) is 15.5. The highest BCUT2D eigenvalue weighted by Gasteiger charge is 2.22. The first-order chi connectivity index (χ1) is 13.2. The van der Waals surface area contributed by atoms with Gasteiger partial charge in [-0.05, 0) is 59.3 Å². The largest absolute Gasteiger partial charge is 0.334 e. The van der Waals surface area contributed by atoms with Crippen LogP contribution < -0.4 is 10.6 Å². The normalized spacial score (nSPS) is 13.0. The molecule has 6 heteroatoms. The van der Waals surface area contributed by atoms with Crippen molar-refractivity contribution in [2.24, 2.45) is 0 Å². The standard InChI is InChI=1S/C21H19N3O2S/c25-20(16-5-2-1-3-6-16)24-11-10-15-8-9-18(13-17(15)14-24)22-21(26)23-19-7-4-12-27-19/h1-9,12-13H,10-11,14H2,(H2,22,23,26). The van der Waals surface area contributed by atoms with Crippen LogP contribution in [0.2, 0.25) is 0 Å². The highest BCUT2D eigenvalue weighted by Crippen LogP contribution is 2.24. The number of hydrogen-bond acceptors (Lipinski definition) is 3. The van der Waals surface area contributed by atoms with Gasteiger partial charge in [-0.3, -0.25) is 10.1 Å². The fraction of sp³-hybridized carbons (Fsp3) is 0.143. The Morgan fingerprint density at radius 2 is 1.78 bits per heavy atom. The third-order valence-corrected chi connectivity index (χ3v) is 5.33. The summed E-state index contributed by atoms with van der Waals surface area (Å²) in [4.78, 5) is 26.7. The molecule has 0 saturated heterocycles. The molecule has 2 heterocycles. The van der Waals surface area contributed by atoms with E-state index in [1.165, 1.54) is 16.9 Å². The molecule has 0 bridgehead atoms. The van der Waals surface area contributed by atoms with Gasteiger partial charge in [0.1, 0.15) is 0 Å². The molecule has 0 radical (unpaired) electrons. The molecular weight excluding hydrogens is 358 g/mol. The van der Waals surface area contributed by atoms with Gasteiger partial charge in [0.15, 0.2) is 0 Å². The Hall–Kier alpha value is -3.12. The molecule has 0 saturated carbocycles. The van der Waals surface area contributed by atoms with Gasteiger partial charge in [0.2, 0.25) is 0 Å². The van der Waals surface area contributed by atoms with E-state index in [4.69, 9.17) is 0 Å². The summed E-state index contributed by atoms with van der Waals surface area (Å²) in [5, 5.41) is 8.37. The molecule has 0 aliphatic carbocycles. The molecule has 0 spiro atoms. The highest BCUT2D eigenvalue weighted by molar-refractivity contribution is 7.14. The average Bonchev–Trinajstić information content (AvgIpc) is 3.20. The molecule has 4 rings (SSSR count). The predicted octanol–water partition coefficient (Wildman–Crippen LogP) is 4.59. The predicted molar refractivity (Wildman–Crippen MR) is 108 cm³/mol. The Balaban J connectivity index is 1.45. The summed E-state index contributed by atoms with van der Waals surface area (Å²) in [6.07, 6.45) is 0.815. The lowest BCUT2D eigenvalue weighted by atomic mass is 9.98. The molecule has 3 amide bonds. The number of nitrogens with zero attached hydrogens (tertiary/aromatic N) is 1. The molecule has 3 aromatic rings. The van der Waals surface area contributed by atoms with E-state index in [-0.39, 0.29) is 11.9 Å². The van der Waals surface area contributed by atoms with Crippen molar-refractivity contribution in [2.45, 2.75) is 13.0 Å². The first-order valence-electron chi connectivity index (χ1n) is 8.77. The van der Waals surface area contributed by atoms with E-state index in [0.717, 1.165) is 22.7 Å². The summed E-state index contributed by atoms with van der Waals surface area (Å²) in [7, 11) is 0. The zero-order chi connectivity index (χ0) is 18.6. The summed E-state index contributed by atoms with van der Waals surface area (Å²) in [5.41, 5.74) is 3.71. The van der Waals surface area contributed by atoms with Gasteiger partial charge < -0.3 is 10.2 Å². The summed E-state index contributed by atoms with van der Waals surface area (Å²) in [6.45, 7) is 1.25. The van der Waals surface area contributed by atoms with Crippen molar-refractivity contribution in [1.82, 2.24) is 4.90 Å². The van der Waals surface area contributed by atoms with E-state index in [9.17, 15) is 9.59 Å². The second-order valence-electron chi connectivity index (χ2n) is 6.38. The van der Waals surface area contributed by atoms with Gasteiger partial charge in [0.05, 0.1) is 5.00 Å². The number of benzene rings is 2. The third kappa shape index (κ3) is 4.01. The maximum absolute atomic E-state index is 12.7. The number of amides is 3. The van der Waals surface area contributed by atoms with E-state index in [0.29, 0.717) is 18.7 Å². The molecule has 1 aromatic heterocycles. The maximum Gasteiger partial charge on any atom is 0.324 e. The molecule has 1 aliphatic heterocycles. The summed E-state index contributed by atoms with van der Waals surface area (Å²) in [5.74, 6) is 0.0371. The SMILES string of the molecule is O=C(Nc1ccc2c(c1)CN(C(=O)c1ccccc1)CC2)Nc1cccs1. The van der Waals surface area contributed by atoms with E-state index >= 15 is 0 Å². The molecule has 0 unspecified atom stereocenters. The minimum Gasteiger partial charge on any atom is -0.334 e. The fourth-order valence-electron chi connectivity index (χ4n) is 3.20. The highest BCUT2D eigenvalue weighted by atomic mass is 32.1. The first kappa shape index (κ1) is 17.3. The number of urea groups is 1. The summed E-state index contributed by atoms with van der Waals surface area (Å²) < 4.78 is 0. The quantitative estimate of drug-likeness (QED) is 0.701.